The first-order chi connectivity index (χ1) is 8.74. The third kappa shape index (κ3) is 5.02. The van der Waals surface area contributed by atoms with Crippen molar-refractivity contribution in [2.24, 2.45) is 0 Å². The lowest BCUT2D eigenvalue weighted by atomic mass is 10.3. The quantitative estimate of drug-likeness (QED) is 0.711. The highest BCUT2D eigenvalue weighted by atomic mass is 16.5. The average molecular weight is 249 g/mol. The molecule has 0 spiro atoms. The van der Waals surface area contributed by atoms with Crippen LogP contribution in [0.5, 0.6) is 5.88 Å². The summed E-state index contributed by atoms with van der Waals surface area (Å²) >= 11 is 0. The smallest absolute Gasteiger partial charge is 0.213 e. The molecule has 1 aliphatic carbocycles. The van der Waals surface area contributed by atoms with Crippen LogP contribution in [-0.4, -0.2) is 43.2 Å². The van der Waals surface area contributed by atoms with Crippen molar-refractivity contribution in [1.82, 2.24) is 15.2 Å². The van der Waals surface area contributed by atoms with Gasteiger partial charge < -0.3 is 15.0 Å². The summed E-state index contributed by atoms with van der Waals surface area (Å²) in [6.45, 7) is 2.69. The fourth-order valence-corrected chi connectivity index (χ4v) is 1.71. The maximum absolute atomic E-state index is 5.59. The van der Waals surface area contributed by atoms with Crippen LogP contribution in [0.3, 0.4) is 0 Å². The lowest BCUT2D eigenvalue weighted by Crippen LogP contribution is -2.16. The van der Waals surface area contributed by atoms with Gasteiger partial charge in [-0.1, -0.05) is 6.07 Å². The van der Waals surface area contributed by atoms with Crippen LogP contribution in [0.1, 0.15) is 24.8 Å². The highest BCUT2D eigenvalue weighted by molar-refractivity contribution is 5.17. The van der Waals surface area contributed by atoms with E-state index in [4.69, 9.17) is 4.74 Å². The van der Waals surface area contributed by atoms with Gasteiger partial charge in [0.15, 0.2) is 0 Å². The van der Waals surface area contributed by atoms with Crippen LogP contribution in [0, 0.1) is 0 Å². The van der Waals surface area contributed by atoms with Crippen molar-refractivity contribution < 1.29 is 4.74 Å². The van der Waals surface area contributed by atoms with E-state index in [1.54, 1.807) is 0 Å². The molecule has 4 nitrogen and oxygen atoms in total. The molecular weight excluding hydrogens is 226 g/mol. The highest BCUT2D eigenvalue weighted by Gasteiger charge is 2.19. The summed E-state index contributed by atoms with van der Waals surface area (Å²) in [5, 5.41) is 3.47. The average Bonchev–Trinajstić information content (AvgIpc) is 3.17. The van der Waals surface area contributed by atoms with Crippen LogP contribution < -0.4 is 10.1 Å². The molecule has 0 radical (unpaired) electrons. The number of aromatic nitrogens is 1. The van der Waals surface area contributed by atoms with E-state index in [0.29, 0.717) is 0 Å². The fraction of sp³-hybridized carbons (Fsp3) is 0.643. The number of hydrogen-bond donors (Lipinski definition) is 1. The Hall–Kier alpha value is -1.13. The molecule has 0 amide bonds. The van der Waals surface area contributed by atoms with Gasteiger partial charge >= 0.3 is 0 Å². The molecule has 0 bridgehead atoms. The zero-order valence-electron chi connectivity index (χ0n) is 11.4. The van der Waals surface area contributed by atoms with E-state index < -0.39 is 0 Å². The molecule has 1 aliphatic rings. The summed E-state index contributed by atoms with van der Waals surface area (Å²) in [6, 6.07) is 4.79. The summed E-state index contributed by atoms with van der Waals surface area (Å²) in [5.74, 6) is 0.726. The minimum atomic E-state index is 0.726. The second-order valence-corrected chi connectivity index (χ2v) is 5.17. The molecule has 0 aliphatic heterocycles. The summed E-state index contributed by atoms with van der Waals surface area (Å²) in [4.78, 5) is 6.47. The molecule has 2 rings (SSSR count). The van der Waals surface area contributed by atoms with Crippen LogP contribution >= 0.6 is 0 Å². The topological polar surface area (TPSA) is 37.4 Å². The normalized spacial score (nSPS) is 15.1. The molecular formula is C14H23N3O. The first-order valence-corrected chi connectivity index (χ1v) is 6.70. The zero-order valence-corrected chi connectivity index (χ0v) is 11.4. The van der Waals surface area contributed by atoms with Gasteiger partial charge in [-0.25, -0.2) is 4.98 Å². The molecule has 0 atom stereocenters. The number of hydrogen-bond acceptors (Lipinski definition) is 4. The Morgan fingerprint density at radius 2 is 2.22 bits per heavy atom. The van der Waals surface area contributed by atoms with E-state index in [2.05, 4.69) is 35.4 Å². The Morgan fingerprint density at radius 3 is 2.83 bits per heavy atom. The molecule has 1 saturated carbocycles. The first-order valence-electron chi connectivity index (χ1n) is 6.70. The molecule has 0 aromatic carbocycles. The molecule has 0 unspecified atom stereocenters. The Bertz CT molecular complexity index is 347. The number of ether oxygens (including phenoxy) is 1. The first kappa shape index (κ1) is 13.3. The number of pyridine rings is 1. The van der Waals surface area contributed by atoms with Crippen LogP contribution in [0.15, 0.2) is 18.3 Å². The molecule has 1 heterocycles. The maximum Gasteiger partial charge on any atom is 0.213 e. The Balaban J connectivity index is 1.66. The van der Waals surface area contributed by atoms with Gasteiger partial charge in [0.1, 0.15) is 0 Å². The van der Waals surface area contributed by atoms with Crippen LogP contribution in [0.2, 0.25) is 0 Å². The lowest BCUT2D eigenvalue weighted by molar-refractivity contribution is 0.273. The lowest BCUT2D eigenvalue weighted by Gasteiger charge is -2.10. The van der Waals surface area contributed by atoms with E-state index >= 15 is 0 Å². The highest BCUT2D eigenvalue weighted by Crippen LogP contribution is 2.19. The minimum absolute atomic E-state index is 0.726. The summed E-state index contributed by atoms with van der Waals surface area (Å²) in [5.41, 5.74) is 1.22. The maximum atomic E-state index is 5.59. The Morgan fingerprint density at radius 1 is 1.39 bits per heavy atom. The predicted molar refractivity (Wildman–Crippen MR) is 72.8 cm³/mol. The Kier molecular flexibility index (Phi) is 4.96. The molecule has 4 heteroatoms. The molecule has 18 heavy (non-hydrogen) atoms. The van der Waals surface area contributed by atoms with Crippen molar-refractivity contribution in [1.29, 1.82) is 0 Å². The van der Waals surface area contributed by atoms with Crippen molar-refractivity contribution >= 4 is 0 Å². The van der Waals surface area contributed by atoms with E-state index in [1.165, 1.54) is 18.4 Å². The fourth-order valence-electron chi connectivity index (χ4n) is 1.71. The van der Waals surface area contributed by atoms with Crippen molar-refractivity contribution in [3.8, 4) is 5.88 Å². The van der Waals surface area contributed by atoms with Crippen molar-refractivity contribution in [2.45, 2.75) is 31.8 Å². The largest absolute Gasteiger partial charge is 0.478 e. The van der Waals surface area contributed by atoms with Crippen LogP contribution in [0.4, 0.5) is 0 Å². The van der Waals surface area contributed by atoms with Gasteiger partial charge in [0.25, 0.3) is 0 Å². The standard InChI is InChI=1S/C14H23N3O/c1-17(2)8-3-9-18-14-7-4-12(11-16-14)10-15-13-5-6-13/h4,7,11,13,15H,3,5-6,8-10H2,1-2H3. The van der Waals surface area contributed by atoms with Crippen molar-refractivity contribution in [2.75, 3.05) is 27.2 Å². The second-order valence-electron chi connectivity index (χ2n) is 5.17. The van der Waals surface area contributed by atoms with Gasteiger partial charge in [0.05, 0.1) is 6.61 Å². The molecule has 0 saturated heterocycles. The van der Waals surface area contributed by atoms with Gasteiger partial charge in [0, 0.05) is 31.4 Å². The van der Waals surface area contributed by atoms with Crippen molar-refractivity contribution in [3.05, 3.63) is 23.9 Å². The minimum Gasteiger partial charge on any atom is -0.478 e. The molecule has 1 N–H and O–H groups in total. The predicted octanol–water partition coefficient (Wildman–Crippen LogP) is 1.66. The van der Waals surface area contributed by atoms with Crippen LogP contribution in [0.25, 0.3) is 0 Å². The Labute approximate surface area is 109 Å². The molecule has 1 aromatic rings. The molecule has 100 valence electrons. The second kappa shape index (κ2) is 6.71. The third-order valence-corrected chi connectivity index (χ3v) is 2.97. The third-order valence-electron chi connectivity index (χ3n) is 2.97. The van der Waals surface area contributed by atoms with Gasteiger partial charge in [-0.3, -0.25) is 0 Å². The number of rotatable bonds is 8. The SMILES string of the molecule is CN(C)CCCOc1ccc(CNC2CC2)cn1. The van der Waals surface area contributed by atoms with Gasteiger partial charge in [0.2, 0.25) is 5.88 Å². The zero-order chi connectivity index (χ0) is 12.8. The van der Waals surface area contributed by atoms with Gasteiger partial charge in [-0.15, -0.1) is 0 Å². The van der Waals surface area contributed by atoms with Crippen molar-refractivity contribution in [3.63, 3.8) is 0 Å². The number of nitrogens with zero attached hydrogens (tertiary/aromatic N) is 2. The van der Waals surface area contributed by atoms with E-state index in [0.717, 1.165) is 38.0 Å². The van der Waals surface area contributed by atoms with Gasteiger partial charge in [-0.05, 0) is 38.9 Å². The summed E-state index contributed by atoms with van der Waals surface area (Å²) < 4.78 is 5.59. The van der Waals surface area contributed by atoms with E-state index in [-0.39, 0.29) is 0 Å². The van der Waals surface area contributed by atoms with Crippen LogP contribution in [-0.2, 0) is 6.54 Å². The van der Waals surface area contributed by atoms with E-state index in [9.17, 15) is 0 Å². The molecule has 1 aromatic heterocycles. The summed E-state index contributed by atoms with van der Waals surface area (Å²) in [6.07, 6.45) is 5.57. The van der Waals surface area contributed by atoms with Gasteiger partial charge in [-0.2, -0.15) is 0 Å². The number of nitrogens with one attached hydrogen (secondary N) is 1. The molecule has 1 fully saturated rings. The van der Waals surface area contributed by atoms with E-state index in [1.807, 2.05) is 12.3 Å². The monoisotopic (exact) mass is 249 g/mol. The summed E-state index contributed by atoms with van der Waals surface area (Å²) in [7, 11) is 4.14.